The van der Waals surface area contributed by atoms with Crippen LogP contribution in [0, 0.1) is 6.92 Å². The summed E-state index contributed by atoms with van der Waals surface area (Å²) in [5.74, 6) is -0.950. The van der Waals surface area contributed by atoms with Crippen LogP contribution in [0.3, 0.4) is 0 Å². The predicted octanol–water partition coefficient (Wildman–Crippen LogP) is 1.67. The summed E-state index contributed by atoms with van der Waals surface area (Å²) in [5, 5.41) is 19.8. The normalized spacial score (nSPS) is 17.8. The van der Waals surface area contributed by atoms with Gasteiger partial charge in [0.2, 0.25) is 0 Å². The molecule has 0 amide bonds. The van der Waals surface area contributed by atoms with Gasteiger partial charge in [-0.2, -0.15) is 0 Å². The number of nitrogens with zero attached hydrogens (tertiary/aromatic N) is 1. The van der Waals surface area contributed by atoms with Gasteiger partial charge in [0.25, 0.3) is 0 Å². The highest BCUT2D eigenvalue weighted by atomic mass is 16.5. The zero-order valence-electron chi connectivity index (χ0n) is 11.9. The highest BCUT2D eigenvalue weighted by Crippen LogP contribution is 2.26. The zero-order chi connectivity index (χ0) is 14.8. The molecule has 1 aromatic rings. The summed E-state index contributed by atoms with van der Waals surface area (Å²) < 4.78 is 5.26. The minimum atomic E-state index is -0.950. The maximum Gasteiger partial charge on any atom is 0.337 e. The molecule has 2 N–H and O–H groups in total. The monoisotopic (exact) mass is 279 g/mol. The third-order valence-corrected chi connectivity index (χ3v) is 3.75. The molecule has 1 aliphatic heterocycles. The molecule has 0 atom stereocenters. The summed E-state index contributed by atoms with van der Waals surface area (Å²) >= 11 is 0. The van der Waals surface area contributed by atoms with Crippen LogP contribution >= 0.6 is 0 Å². The van der Waals surface area contributed by atoms with Crippen LogP contribution < -0.4 is 4.90 Å². The highest BCUT2D eigenvalue weighted by molar-refractivity contribution is 5.94. The lowest BCUT2D eigenvalue weighted by Crippen LogP contribution is -2.46. The standard InChI is InChI=1S/C15H21NO4/c1-11-3-4-13(12(9-11)14(17)18)16(2)10-15(19)5-7-20-8-6-15/h3-4,9,19H,5-8,10H2,1-2H3,(H,17,18). The molecule has 1 saturated heterocycles. The number of benzene rings is 1. The first-order valence-corrected chi connectivity index (χ1v) is 6.76. The molecule has 0 aromatic heterocycles. The minimum Gasteiger partial charge on any atom is -0.478 e. The van der Waals surface area contributed by atoms with Crippen molar-refractivity contribution in [3.05, 3.63) is 29.3 Å². The Balaban J connectivity index is 2.20. The van der Waals surface area contributed by atoms with Crippen molar-refractivity contribution >= 4 is 11.7 Å². The molecule has 1 fully saturated rings. The van der Waals surface area contributed by atoms with Gasteiger partial charge in [-0.05, 0) is 19.1 Å². The number of anilines is 1. The quantitative estimate of drug-likeness (QED) is 0.877. The van der Waals surface area contributed by atoms with Crippen molar-refractivity contribution in [3.63, 3.8) is 0 Å². The average molecular weight is 279 g/mol. The Kier molecular flexibility index (Phi) is 4.30. The van der Waals surface area contributed by atoms with Crippen LogP contribution in [-0.4, -0.2) is 48.6 Å². The number of carbonyl (C=O) groups is 1. The van der Waals surface area contributed by atoms with Crippen LogP contribution in [0.15, 0.2) is 18.2 Å². The summed E-state index contributed by atoms with van der Waals surface area (Å²) in [6, 6.07) is 5.33. The second-order valence-electron chi connectivity index (χ2n) is 5.52. The number of ether oxygens (including phenoxy) is 1. The first-order valence-electron chi connectivity index (χ1n) is 6.76. The molecule has 5 heteroatoms. The number of carboxylic acid groups (broad SMARTS) is 1. The zero-order valence-corrected chi connectivity index (χ0v) is 11.9. The van der Waals surface area contributed by atoms with Crippen molar-refractivity contribution in [2.24, 2.45) is 0 Å². The van der Waals surface area contributed by atoms with Gasteiger partial charge in [-0.3, -0.25) is 0 Å². The fourth-order valence-corrected chi connectivity index (χ4v) is 2.59. The molecule has 0 radical (unpaired) electrons. The van der Waals surface area contributed by atoms with Crippen LogP contribution in [0.4, 0.5) is 5.69 Å². The van der Waals surface area contributed by atoms with Gasteiger partial charge >= 0.3 is 5.97 Å². The number of hydrogen-bond donors (Lipinski definition) is 2. The number of aryl methyl sites for hydroxylation is 1. The van der Waals surface area contributed by atoms with E-state index in [1.807, 2.05) is 24.9 Å². The predicted molar refractivity (Wildman–Crippen MR) is 76.4 cm³/mol. The molecular weight excluding hydrogens is 258 g/mol. The van der Waals surface area contributed by atoms with Crippen molar-refractivity contribution in [1.29, 1.82) is 0 Å². The molecule has 110 valence electrons. The van der Waals surface area contributed by atoms with E-state index in [-0.39, 0.29) is 5.56 Å². The average Bonchev–Trinajstić information content (AvgIpc) is 2.38. The molecule has 0 aliphatic carbocycles. The van der Waals surface area contributed by atoms with E-state index >= 15 is 0 Å². The number of aliphatic hydroxyl groups is 1. The summed E-state index contributed by atoms with van der Waals surface area (Å²) in [6.07, 6.45) is 1.15. The first-order chi connectivity index (χ1) is 9.41. The second kappa shape index (κ2) is 5.81. The third kappa shape index (κ3) is 3.29. The lowest BCUT2D eigenvalue weighted by atomic mass is 9.93. The maximum atomic E-state index is 11.3. The third-order valence-electron chi connectivity index (χ3n) is 3.75. The summed E-state index contributed by atoms with van der Waals surface area (Å²) in [5.41, 5.74) is 0.990. The van der Waals surface area contributed by atoms with Gasteiger partial charge in [0.15, 0.2) is 0 Å². The van der Waals surface area contributed by atoms with E-state index in [1.165, 1.54) is 0 Å². The van der Waals surface area contributed by atoms with E-state index < -0.39 is 11.6 Å². The largest absolute Gasteiger partial charge is 0.478 e. The maximum absolute atomic E-state index is 11.3. The Morgan fingerprint density at radius 1 is 1.40 bits per heavy atom. The van der Waals surface area contributed by atoms with Crippen LogP contribution in [0.25, 0.3) is 0 Å². The van der Waals surface area contributed by atoms with E-state index in [4.69, 9.17) is 4.74 Å². The Hall–Kier alpha value is -1.59. The molecule has 0 unspecified atom stereocenters. The number of rotatable bonds is 4. The summed E-state index contributed by atoms with van der Waals surface area (Å²) in [6.45, 7) is 3.36. The molecule has 20 heavy (non-hydrogen) atoms. The number of likely N-dealkylation sites (N-methyl/N-ethyl adjacent to an activating group) is 1. The van der Waals surface area contributed by atoms with Gasteiger partial charge < -0.3 is 19.8 Å². The van der Waals surface area contributed by atoms with Crippen molar-refractivity contribution in [2.45, 2.75) is 25.4 Å². The molecule has 1 heterocycles. The van der Waals surface area contributed by atoms with Gasteiger partial charge in [0, 0.05) is 39.6 Å². The van der Waals surface area contributed by atoms with E-state index in [2.05, 4.69) is 0 Å². The minimum absolute atomic E-state index is 0.267. The molecule has 0 saturated carbocycles. The topological polar surface area (TPSA) is 70.0 Å². The molecular formula is C15H21NO4. The molecule has 2 rings (SSSR count). The van der Waals surface area contributed by atoms with Gasteiger partial charge in [-0.15, -0.1) is 0 Å². The fourth-order valence-electron chi connectivity index (χ4n) is 2.59. The Labute approximate surface area is 118 Å². The van der Waals surface area contributed by atoms with Crippen molar-refractivity contribution in [3.8, 4) is 0 Å². The Morgan fingerprint density at radius 2 is 2.05 bits per heavy atom. The summed E-state index contributed by atoms with van der Waals surface area (Å²) in [4.78, 5) is 13.2. The molecule has 1 aliphatic rings. The van der Waals surface area contributed by atoms with Gasteiger partial charge in [-0.1, -0.05) is 11.6 Å². The van der Waals surface area contributed by atoms with Crippen LogP contribution in [-0.2, 0) is 4.74 Å². The first kappa shape index (κ1) is 14.8. The molecule has 0 bridgehead atoms. The summed E-state index contributed by atoms with van der Waals surface area (Å²) in [7, 11) is 1.81. The molecule has 0 spiro atoms. The smallest absolute Gasteiger partial charge is 0.337 e. The van der Waals surface area contributed by atoms with Crippen LogP contribution in [0.2, 0.25) is 0 Å². The van der Waals surface area contributed by atoms with Crippen molar-refractivity contribution in [1.82, 2.24) is 0 Å². The van der Waals surface area contributed by atoms with Crippen LogP contribution in [0.1, 0.15) is 28.8 Å². The SMILES string of the molecule is Cc1ccc(N(C)CC2(O)CCOCC2)c(C(=O)O)c1. The van der Waals surface area contributed by atoms with E-state index in [1.54, 1.807) is 12.1 Å². The number of aromatic carboxylic acids is 1. The fraction of sp³-hybridized carbons (Fsp3) is 0.533. The Morgan fingerprint density at radius 3 is 2.65 bits per heavy atom. The van der Waals surface area contributed by atoms with E-state index in [9.17, 15) is 15.0 Å². The highest BCUT2D eigenvalue weighted by Gasteiger charge is 2.31. The van der Waals surface area contributed by atoms with Crippen molar-refractivity contribution in [2.75, 3.05) is 31.7 Å². The van der Waals surface area contributed by atoms with Gasteiger partial charge in [-0.25, -0.2) is 4.79 Å². The molecule has 1 aromatic carbocycles. The number of carboxylic acids is 1. The molecule has 5 nitrogen and oxygen atoms in total. The second-order valence-corrected chi connectivity index (χ2v) is 5.52. The van der Waals surface area contributed by atoms with Crippen LogP contribution in [0.5, 0.6) is 0 Å². The van der Waals surface area contributed by atoms with Gasteiger partial charge in [0.05, 0.1) is 16.9 Å². The number of hydrogen-bond acceptors (Lipinski definition) is 4. The van der Waals surface area contributed by atoms with E-state index in [0.717, 1.165) is 5.56 Å². The van der Waals surface area contributed by atoms with Crippen molar-refractivity contribution < 1.29 is 19.7 Å². The van der Waals surface area contributed by atoms with Gasteiger partial charge in [0.1, 0.15) is 0 Å². The lowest BCUT2D eigenvalue weighted by Gasteiger charge is -2.36. The van der Waals surface area contributed by atoms with E-state index in [0.29, 0.717) is 38.3 Å². The lowest BCUT2D eigenvalue weighted by molar-refractivity contribution is -0.0572. The Bertz CT molecular complexity index is 495.